The summed E-state index contributed by atoms with van der Waals surface area (Å²) in [6.07, 6.45) is 7.83. The standard InChI is InChI=1S/C15H18N4O/c1-12-6-17-19(8-12)11-14-9-18(10-14)15(20)5-13-3-2-4-16-7-13/h2-4,6-8,14H,5,9-11H2,1H3. The SMILES string of the molecule is Cc1cnn(CC2CN(C(=O)Cc3cccnc3)C2)c1. The molecule has 0 unspecified atom stereocenters. The zero-order valence-corrected chi connectivity index (χ0v) is 11.6. The first-order chi connectivity index (χ1) is 9.70. The highest BCUT2D eigenvalue weighted by atomic mass is 16.2. The van der Waals surface area contributed by atoms with Crippen molar-refractivity contribution in [3.05, 3.63) is 48.0 Å². The Hall–Kier alpha value is -2.17. The topological polar surface area (TPSA) is 51.0 Å². The number of aryl methyl sites for hydroxylation is 1. The van der Waals surface area contributed by atoms with E-state index in [2.05, 4.69) is 10.1 Å². The van der Waals surface area contributed by atoms with Crippen LogP contribution in [0.15, 0.2) is 36.9 Å². The molecule has 5 nitrogen and oxygen atoms in total. The molecule has 2 aromatic heterocycles. The lowest BCUT2D eigenvalue weighted by atomic mass is 9.99. The maximum atomic E-state index is 12.1. The normalized spacial score (nSPS) is 15.2. The van der Waals surface area contributed by atoms with Crippen molar-refractivity contribution in [2.24, 2.45) is 5.92 Å². The van der Waals surface area contributed by atoms with Gasteiger partial charge in [-0.1, -0.05) is 6.07 Å². The number of likely N-dealkylation sites (tertiary alicyclic amines) is 1. The molecule has 2 aromatic rings. The highest BCUT2D eigenvalue weighted by Gasteiger charge is 2.30. The fraction of sp³-hybridized carbons (Fsp3) is 0.400. The van der Waals surface area contributed by atoms with Crippen LogP contribution < -0.4 is 0 Å². The number of pyridine rings is 1. The number of carbonyl (C=O) groups is 1. The lowest BCUT2D eigenvalue weighted by Crippen LogP contribution is -2.51. The van der Waals surface area contributed by atoms with Crippen molar-refractivity contribution in [3.8, 4) is 0 Å². The van der Waals surface area contributed by atoms with Gasteiger partial charge in [0.15, 0.2) is 0 Å². The van der Waals surface area contributed by atoms with Crippen LogP contribution in [0.2, 0.25) is 0 Å². The van der Waals surface area contributed by atoms with E-state index < -0.39 is 0 Å². The number of nitrogens with zero attached hydrogens (tertiary/aromatic N) is 4. The number of carbonyl (C=O) groups excluding carboxylic acids is 1. The Bertz CT molecular complexity index is 587. The van der Waals surface area contributed by atoms with Gasteiger partial charge in [0, 0.05) is 44.1 Å². The van der Waals surface area contributed by atoms with Gasteiger partial charge in [0.25, 0.3) is 0 Å². The first-order valence-electron chi connectivity index (χ1n) is 6.86. The molecule has 0 spiro atoms. The van der Waals surface area contributed by atoms with Gasteiger partial charge in [-0.15, -0.1) is 0 Å². The van der Waals surface area contributed by atoms with E-state index >= 15 is 0 Å². The second-order valence-corrected chi connectivity index (χ2v) is 5.44. The summed E-state index contributed by atoms with van der Waals surface area (Å²) in [7, 11) is 0. The van der Waals surface area contributed by atoms with E-state index in [1.807, 2.05) is 41.0 Å². The van der Waals surface area contributed by atoms with Crippen molar-refractivity contribution in [1.29, 1.82) is 0 Å². The molecular weight excluding hydrogens is 252 g/mol. The Morgan fingerprint density at radius 2 is 2.25 bits per heavy atom. The molecule has 1 fully saturated rings. The molecule has 0 aliphatic carbocycles. The number of rotatable bonds is 4. The second-order valence-electron chi connectivity index (χ2n) is 5.44. The Morgan fingerprint density at radius 3 is 2.90 bits per heavy atom. The fourth-order valence-corrected chi connectivity index (χ4v) is 2.51. The molecular formula is C15H18N4O. The van der Waals surface area contributed by atoms with Crippen LogP contribution in [0.4, 0.5) is 0 Å². The van der Waals surface area contributed by atoms with Crippen LogP contribution in [-0.2, 0) is 17.8 Å². The van der Waals surface area contributed by atoms with Gasteiger partial charge >= 0.3 is 0 Å². The summed E-state index contributed by atoms with van der Waals surface area (Å²) in [5.41, 5.74) is 2.15. The van der Waals surface area contributed by atoms with Crippen molar-refractivity contribution >= 4 is 5.91 Å². The molecule has 1 amide bonds. The molecule has 0 saturated carbocycles. The average Bonchev–Trinajstić information content (AvgIpc) is 2.80. The third kappa shape index (κ3) is 2.87. The predicted molar refractivity (Wildman–Crippen MR) is 75.0 cm³/mol. The van der Waals surface area contributed by atoms with E-state index in [0.29, 0.717) is 12.3 Å². The van der Waals surface area contributed by atoms with Crippen LogP contribution >= 0.6 is 0 Å². The largest absolute Gasteiger partial charge is 0.342 e. The monoisotopic (exact) mass is 270 g/mol. The van der Waals surface area contributed by atoms with Crippen LogP contribution in [0.3, 0.4) is 0 Å². The van der Waals surface area contributed by atoms with Gasteiger partial charge in [0.2, 0.25) is 5.91 Å². The molecule has 20 heavy (non-hydrogen) atoms. The Morgan fingerprint density at radius 1 is 1.40 bits per heavy atom. The highest BCUT2D eigenvalue weighted by Crippen LogP contribution is 2.18. The minimum Gasteiger partial charge on any atom is -0.342 e. The molecule has 3 heterocycles. The molecule has 0 radical (unpaired) electrons. The quantitative estimate of drug-likeness (QED) is 0.841. The zero-order valence-electron chi connectivity index (χ0n) is 11.6. The van der Waals surface area contributed by atoms with Crippen molar-refractivity contribution in [3.63, 3.8) is 0 Å². The lowest BCUT2D eigenvalue weighted by Gasteiger charge is -2.39. The van der Waals surface area contributed by atoms with E-state index in [1.165, 1.54) is 5.56 Å². The van der Waals surface area contributed by atoms with Crippen LogP contribution in [0.5, 0.6) is 0 Å². The van der Waals surface area contributed by atoms with E-state index in [9.17, 15) is 4.79 Å². The number of hydrogen-bond donors (Lipinski definition) is 0. The molecule has 5 heteroatoms. The first-order valence-corrected chi connectivity index (χ1v) is 6.86. The summed E-state index contributed by atoms with van der Waals surface area (Å²) in [6.45, 7) is 4.59. The summed E-state index contributed by atoms with van der Waals surface area (Å²) in [4.78, 5) is 18.0. The molecule has 0 bridgehead atoms. The van der Waals surface area contributed by atoms with Crippen LogP contribution in [0, 0.1) is 12.8 Å². The third-order valence-electron chi connectivity index (χ3n) is 3.60. The smallest absolute Gasteiger partial charge is 0.227 e. The van der Waals surface area contributed by atoms with E-state index in [0.717, 1.165) is 25.2 Å². The fourth-order valence-electron chi connectivity index (χ4n) is 2.51. The summed E-state index contributed by atoms with van der Waals surface area (Å²) in [6, 6.07) is 3.80. The van der Waals surface area contributed by atoms with Gasteiger partial charge in [-0.2, -0.15) is 5.10 Å². The number of aromatic nitrogens is 3. The van der Waals surface area contributed by atoms with Crippen LogP contribution in [-0.4, -0.2) is 38.7 Å². The molecule has 0 aromatic carbocycles. The molecule has 1 saturated heterocycles. The number of hydrogen-bond acceptors (Lipinski definition) is 3. The molecule has 1 aliphatic rings. The summed E-state index contributed by atoms with van der Waals surface area (Å²) < 4.78 is 1.96. The predicted octanol–water partition coefficient (Wildman–Crippen LogP) is 1.29. The average molecular weight is 270 g/mol. The molecule has 1 aliphatic heterocycles. The second kappa shape index (κ2) is 5.45. The van der Waals surface area contributed by atoms with Crippen molar-refractivity contribution in [2.45, 2.75) is 19.9 Å². The maximum absolute atomic E-state index is 12.1. The van der Waals surface area contributed by atoms with Gasteiger partial charge in [0.1, 0.15) is 0 Å². The van der Waals surface area contributed by atoms with Gasteiger partial charge in [-0.3, -0.25) is 14.5 Å². The highest BCUT2D eigenvalue weighted by molar-refractivity contribution is 5.79. The molecule has 3 rings (SSSR count). The zero-order chi connectivity index (χ0) is 13.9. The van der Waals surface area contributed by atoms with E-state index in [1.54, 1.807) is 12.4 Å². The van der Waals surface area contributed by atoms with Crippen molar-refractivity contribution in [1.82, 2.24) is 19.7 Å². The number of amides is 1. The van der Waals surface area contributed by atoms with Crippen LogP contribution in [0.1, 0.15) is 11.1 Å². The van der Waals surface area contributed by atoms with Crippen LogP contribution in [0.25, 0.3) is 0 Å². The Balaban J connectivity index is 1.47. The Labute approximate surface area is 118 Å². The lowest BCUT2D eigenvalue weighted by molar-refractivity contribution is -0.137. The molecule has 104 valence electrons. The Kier molecular flexibility index (Phi) is 3.50. The maximum Gasteiger partial charge on any atom is 0.227 e. The van der Waals surface area contributed by atoms with Gasteiger partial charge < -0.3 is 4.90 Å². The van der Waals surface area contributed by atoms with Crippen molar-refractivity contribution < 1.29 is 4.79 Å². The summed E-state index contributed by atoms with van der Waals surface area (Å²) in [5, 5.41) is 4.28. The van der Waals surface area contributed by atoms with Gasteiger partial charge in [0.05, 0.1) is 12.6 Å². The van der Waals surface area contributed by atoms with E-state index in [4.69, 9.17) is 0 Å². The third-order valence-corrected chi connectivity index (χ3v) is 3.60. The summed E-state index contributed by atoms with van der Waals surface area (Å²) in [5.74, 6) is 0.707. The molecule has 0 N–H and O–H groups in total. The minimum absolute atomic E-state index is 0.186. The minimum atomic E-state index is 0.186. The van der Waals surface area contributed by atoms with Gasteiger partial charge in [-0.25, -0.2) is 0 Å². The first kappa shape index (κ1) is 12.8. The van der Waals surface area contributed by atoms with Crippen molar-refractivity contribution in [2.75, 3.05) is 13.1 Å². The van der Waals surface area contributed by atoms with Gasteiger partial charge in [-0.05, 0) is 24.1 Å². The van der Waals surface area contributed by atoms with E-state index in [-0.39, 0.29) is 5.91 Å². The molecule has 0 atom stereocenters. The summed E-state index contributed by atoms with van der Waals surface area (Å²) >= 11 is 0.